The van der Waals surface area contributed by atoms with Crippen LogP contribution in [0, 0.1) is 18.2 Å². The summed E-state index contributed by atoms with van der Waals surface area (Å²) < 4.78 is 13.4. The van der Waals surface area contributed by atoms with Crippen LogP contribution in [-0.4, -0.2) is 6.54 Å². The van der Waals surface area contributed by atoms with Gasteiger partial charge in [0.15, 0.2) is 0 Å². The summed E-state index contributed by atoms with van der Waals surface area (Å²) in [6, 6.07) is 5.29. The maximum Gasteiger partial charge on any atom is 0.126 e. The summed E-state index contributed by atoms with van der Waals surface area (Å²) in [4.78, 5) is 0. The first-order valence-corrected chi connectivity index (χ1v) is 5.10. The van der Waals surface area contributed by atoms with Gasteiger partial charge in [0, 0.05) is 0 Å². The topological polar surface area (TPSA) is 26.0 Å². The summed E-state index contributed by atoms with van der Waals surface area (Å²) in [7, 11) is 0. The monoisotopic (exact) mass is 193 g/mol. The fourth-order valence-corrected chi connectivity index (χ4v) is 1.87. The number of hydrogen-bond acceptors (Lipinski definition) is 1. The van der Waals surface area contributed by atoms with Crippen LogP contribution in [0.25, 0.3) is 0 Å². The molecule has 0 amide bonds. The van der Waals surface area contributed by atoms with E-state index in [9.17, 15) is 4.39 Å². The first-order chi connectivity index (χ1) is 6.65. The predicted octanol–water partition coefficient (Wildman–Crippen LogP) is 2.42. The molecule has 0 spiro atoms. The molecule has 2 heteroatoms. The molecule has 1 fully saturated rings. The Morgan fingerprint density at radius 3 is 2.71 bits per heavy atom. The van der Waals surface area contributed by atoms with Gasteiger partial charge in [-0.05, 0) is 49.8 Å². The Bertz CT molecular complexity index is 342. The number of halogens is 1. The van der Waals surface area contributed by atoms with Gasteiger partial charge in [0.25, 0.3) is 0 Å². The van der Waals surface area contributed by atoms with E-state index in [2.05, 4.69) is 0 Å². The molecule has 2 rings (SSSR count). The quantitative estimate of drug-likeness (QED) is 0.783. The van der Waals surface area contributed by atoms with Crippen LogP contribution in [0.4, 0.5) is 4.39 Å². The van der Waals surface area contributed by atoms with Gasteiger partial charge in [-0.15, -0.1) is 0 Å². The summed E-state index contributed by atoms with van der Waals surface area (Å²) in [5.41, 5.74) is 7.85. The summed E-state index contributed by atoms with van der Waals surface area (Å²) >= 11 is 0. The fourth-order valence-electron chi connectivity index (χ4n) is 1.87. The second-order valence-electron chi connectivity index (χ2n) is 4.48. The van der Waals surface area contributed by atoms with Crippen molar-refractivity contribution in [2.75, 3.05) is 6.54 Å². The summed E-state index contributed by atoms with van der Waals surface area (Å²) in [5, 5.41) is 0. The molecule has 0 radical (unpaired) electrons. The van der Waals surface area contributed by atoms with Gasteiger partial charge in [-0.1, -0.05) is 17.7 Å². The molecule has 0 aromatic heterocycles. The minimum absolute atomic E-state index is 0.0877. The zero-order chi connectivity index (χ0) is 10.2. The third-order valence-electron chi connectivity index (χ3n) is 3.16. The first kappa shape index (κ1) is 9.66. The summed E-state index contributed by atoms with van der Waals surface area (Å²) in [6.45, 7) is 2.67. The van der Waals surface area contributed by atoms with E-state index in [4.69, 9.17) is 5.73 Å². The molecule has 14 heavy (non-hydrogen) atoms. The molecule has 1 aliphatic rings. The van der Waals surface area contributed by atoms with E-state index in [1.165, 1.54) is 0 Å². The van der Waals surface area contributed by atoms with Crippen molar-refractivity contribution < 1.29 is 4.39 Å². The maximum absolute atomic E-state index is 13.4. The third-order valence-corrected chi connectivity index (χ3v) is 3.16. The number of rotatable bonds is 3. The minimum atomic E-state index is -0.0877. The van der Waals surface area contributed by atoms with Crippen molar-refractivity contribution in [2.45, 2.75) is 26.2 Å². The maximum atomic E-state index is 13.4. The molecule has 1 nitrogen and oxygen atoms in total. The van der Waals surface area contributed by atoms with E-state index < -0.39 is 0 Å². The standard InChI is InChI=1S/C12H16FN/c1-9-2-3-11(13)10(6-9)7-12(8-14)4-5-12/h2-3,6H,4-5,7-8,14H2,1H3. The lowest BCUT2D eigenvalue weighted by atomic mass is 9.95. The van der Waals surface area contributed by atoms with Gasteiger partial charge in [0.1, 0.15) is 5.82 Å². The predicted molar refractivity (Wildman–Crippen MR) is 55.6 cm³/mol. The third kappa shape index (κ3) is 1.80. The first-order valence-electron chi connectivity index (χ1n) is 5.10. The zero-order valence-electron chi connectivity index (χ0n) is 8.52. The molecular formula is C12H16FN. The lowest BCUT2D eigenvalue weighted by Crippen LogP contribution is -2.18. The average Bonchev–Trinajstić information content (AvgIpc) is 2.92. The minimum Gasteiger partial charge on any atom is -0.330 e. The molecule has 1 aromatic carbocycles. The highest BCUT2D eigenvalue weighted by molar-refractivity contribution is 5.26. The molecule has 1 aliphatic carbocycles. The van der Waals surface area contributed by atoms with Crippen LogP contribution in [0.2, 0.25) is 0 Å². The highest BCUT2D eigenvalue weighted by Gasteiger charge is 2.41. The van der Waals surface area contributed by atoms with Crippen molar-refractivity contribution >= 4 is 0 Å². The second kappa shape index (κ2) is 3.35. The fraction of sp³-hybridized carbons (Fsp3) is 0.500. The number of nitrogens with two attached hydrogens (primary N) is 1. The molecule has 0 saturated heterocycles. The van der Waals surface area contributed by atoms with E-state index in [0.717, 1.165) is 30.4 Å². The van der Waals surface area contributed by atoms with Crippen LogP contribution in [0.15, 0.2) is 18.2 Å². The van der Waals surface area contributed by atoms with Crippen LogP contribution in [0.5, 0.6) is 0 Å². The van der Waals surface area contributed by atoms with Gasteiger partial charge in [-0.3, -0.25) is 0 Å². The summed E-state index contributed by atoms with van der Waals surface area (Å²) in [5.74, 6) is -0.0877. The van der Waals surface area contributed by atoms with Crippen LogP contribution in [0.1, 0.15) is 24.0 Å². The van der Waals surface area contributed by atoms with Crippen molar-refractivity contribution in [3.05, 3.63) is 35.1 Å². The second-order valence-corrected chi connectivity index (χ2v) is 4.48. The zero-order valence-corrected chi connectivity index (χ0v) is 8.52. The highest BCUT2D eigenvalue weighted by atomic mass is 19.1. The van der Waals surface area contributed by atoms with Crippen LogP contribution < -0.4 is 5.73 Å². The Hall–Kier alpha value is -0.890. The van der Waals surface area contributed by atoms with Crippen LogP contribution in [0.3, 0.4) is 0 Å². The highest BCUT2D eigenvalue weighted by Crippen LogP contribution is 2.47. The van der Waals surface area contributed by atoms with Gasteiger partial charge >= 0.3 is 0 Å². The molecule has 0 atom stereocenters. The van der Waals surface area contributed by atoms with Gasteiger partial charge in [0.2, 0.25) is 0 Å². The molecular weight excluding hydrogens is 177 g/mol. The largest absolute Gasteiger partial charge is 0.330 e. The smallest absolute Gasteiger partial charge is 0.126 e. The Labute approximate surface area is 84.1 Å². The Kier molecular flexibility index (Phi) is 2.31. The lowest BCUT2D eigenvalue weighted by molar-refractivity contribution is 0.499. The lowest BCUT2D eigenvalue weighted by Gasteiger charge is -2.13. The van der Waals surface area contributed by atoms with Crippen molar-refractivity contribution in [2.24, 2.45) is 11.1 Å². The van der Waals surface area contributed by atoms with Crippen LogP contribution >= 0.6 is 0 Å². The number of hydrogen-bond donors (Lipinski definition) is 1. The van der Waals surface area contributed by atoms with E-state index in [0.29, 0.717) is 6.54 Å². The molecule has 1 saturated carbocycles. The Morgan fingerprint density at radius 1 is 1.43 bits per heavy atom. The SMILES string of the molecule is Cc1ccc(F)c(CC2(CN)CC2)c1. The molecule has 1 aromatic rings. The normalized spacial score (nSPS) is 18.2. The Morgan fingerprint density at radius 2 is 2.14 bits per heavy atom. The molecule has 2 N–H and O–H groups in total. The van der Waals surface area contributed by atoms with E-state index in [1.54, 1.807) is 12.1 Å². The van der Waals surface area contributed by atoms with E-state index >= 15 is 0 Å². The summed E-state index contributed by atoms with van der Waals surface area (Å²) in [6.07, 6.45) is 3.10. The average molecular weight is 193 g/mol. The number of benzene rings is 1. The van der Waals surface area contributed by atoms with Gasteiger partial charge in [-0.2, -0.15) is 0 Å². The Balaban J connectivity index is 2.20. The van der Waals surface area contributed by atoms with Gasteiger partial charge < -0.3 is 5.73 Å². The molecule has 0 bridgehead atoms. The van der Waals surface area contributed by atoms with Gasteiger partial charge in [0.05, 0.1) is 0 Å². The van der Waals surface area contributed by atoms with E-state index in [1.807, 2.05) is 13.0 Å². The molecule has 0 heterocycles. The van der Waals surface area contributed by atoms with Crippen molar-refractivity contribution in [1.82, 2.24) is 0 Å². The van der Waals surface area contributed by atoms with Crippen molar-refractivity contribution in [3.63, 3.8) is 0 Å². The van der Waals surface area contributed by atoms with Gasteiger partial charge in [-0.25, -0.2) is 4.39 Å². The molecule has 76 valence electrons. The molecule has 0 aliphatic heterocycles. The molecule has 0 unspecified atom stereocenters. The van der Waals surface area contributed by atoms with E-state index in [-0.39, 0.29) is 11.2 Å². The van der Waals surface area contributed by atoms with Crippen molar-refractivity contribution in [3.8, 4) is 0 Å². The van der Waals surface area contributed by atoms with Crippen LogP contribution in [-0.2, 0) is 6.42 Å². The van der Waals surface area contributed by atoms with Crippen molar-refractivity contribution in [1.29, 1.82) is 0 Å². The number of aryl methyl sites for hydroxylation is 1.